The van der Waals surface area contributed by atoms with Gasteiger partial charge in [0.25, 0.3) is 0 Å². The van der Waals surface area contributed by atoms with Crippen molar-refractivity contribution in [2.75, 3.05) is 11.9 Å². The van der Waals surface area contributed by atoms with Gasteiger partial charge in [0.1, 0.15) is 11.6 Å². The fourth-order valence-corrected chi connectivity index (χ4v) is 3.00. The lowest BCUT2D eigenvalue weighted by atomic mass is 10.1. The van der Waals surface area contributed by atoms with Gasteiger partial charge in [0.05, 0.1) is 6.04 Å². The van der Waals surface area contributed by atoms with Crippen molar-refractivity contribution >= 4 is 17.5 Å². The van der Waals surface area contributed by atoms with Crippen LogP contribution in [0.4, 0.5) is 11.6 Å². The van der Waals surface area contributed by atoms with Gasteiger partial charge in [-0.1, -0.05) is 19.9 Å². The molecule has 1 saturated heterocycles. The van der Waals surface area contributed by atoms with Gasteiger partial charge >= 0.3 is 0 Å². The molecule has 1 amide bonds. The summed E-state index contributed by atoms with van der Waals surface area (Å²) in [6.07, 6.45) is 3.63. The number of nitrogens with one attached hydrogen (secondary N) is 1. The van der Waals surface area contributed by atoms with Crippen molar-refractivity contribution in [2.45, 2.75) is 39.7 Å². The molecule has 2 aromatic rings. The van der Waals surface area contributed by atoms with Crippen molar-refractivity contribution in [3.05, 3.63) is 42.0 Å². The molecule has 6 heteroatoms. The molecule has 3 heterocycles. The van der Waals surface area contributed by atoms with Crippen molar-refractivity contribution in [1.29, 1.82) is 0 Å². The predicted octanol–water partition coefficient (Wildman–Crippen LogP) is 3.24. The normalized spacial score (nSPS) is 17.3. The number of likely N-dealkylation sites (tertiary alicyclic amines) is 1. The summed E-state index contributed by atoms with van der Waals surface area (Å²) < 4.78 is 0. The van der Waals surface area contributed by atoms with E-state index < -0.39 is 0 Å². The number of anilines is 2. The van der Waals surface area contributed by atoms with Crippen LogP contribution in [0.3, 0.4) is 0 Å². The highest BCUT2D eigenvalue weighted by Crippen LogP contribution is 2.32. The molecule has 0 aliphatic carbocycles. The van der Waals surface area contributed by atoms with E-state index in [9.17, 15) is 4.79 Å². The molecule has 0 spiro atoms. The van der Waals surface area contributed by atoms with Crippen LogP contribution in [0.25, 0.3) is 0 Å². The lowest BCUT2D eigenvalue weighted by Gasteiger charge is -2.25. The van der Waals surface area contributed by atoms with E-state index in [4.69, 9.17) is 0 Å². The molecule has 24 heavy (non-hydrogen) atoms. The number of carbonyl (C=O) groups excluding carboxylic acids is 1. The topological polar surface area (TPSA) is 71.0 Å². The van der Waals surface area contributed by atoms with Crippen molar-refractivity contribution in [3.8, 4) is 0 Å². The number of hydrogen-bond acceptors (Lipinski definition) is 5. The summed E-state index contributed by atoms with van der Waals surface area (Å²) in [6.45, 7) is 6.59. The van der Waals surface area contributed by atoms with Crippen molar-refractivity contribution in [3.63, 3.8) is 0 Å². The predicted molar refractivity (Wildman–Crippen MR) is 92.8 cm³/mol. The maximum absolute atomic E-state index is 12.4. The van der Waals surface area contributed by atoms with Crippen LogP contribution >= 0.6 is 0 Å². The Labute approximate surface area is 142 Å². The minimum atomic E-state index is -0.0379. The number of aryl methyl sites for hydroxylation is 1. The summed E-state index contributed by atoms with van der Waals surface area (Å²) in [5, 5.41) is 3.21. The number of carbonyl (C=O) groups is 1. The van der Waals surface area contributed by atoms with Crippen molar-refractivity contribution in [1.82, 2.24) is 19.9 Å². The fourth-order valence-electron chi connectivity index (χ4n) is 3.00. The average Bonchev–Trinajstić information content (AvgIpc) is 3.04. The lowest BCUT2D eigenvalue weighted by Crippen LogP contribution is -2.34. The van der Waals surface area contributed by atoms with Crippen LogP contribution < -0.4 is 5.32 Å². The minimum absolute atomic E-state index is 0.0125. The Kier molecular flexibility index (Phi) is 4.74. The average molecular weight is 325 g/mol. The smallest absolute Gasteiger partial charge is 0.225 e. The Hall–Kier alpha value is -2.50. The molecule has 1 fully saturated rings. The Morgan fingerprint density at radius 3 is 2.83 bits per heavy atom. The number of pyridine rings is 1. The highest BCUT2D eigenvalue weighted by atomic mass is 16.2. The van der Waals surface area contributed by atoms with E-state index >= 15 is 0 Å². The minimum Gasteiger partial charge on any atom is -0.332 e. The van der Waals surface area contributed by atoms with Crippen LogP contribution in [-0.2, 0) is 4.79 Å². The van der Waals surface area contributed by atoms with E-state index in [0.717, 1.165) is 30.9 Å². The highest BCUT2D eigenvalue weighted by Gasteiger charge is 2.33. The molecular formula is C18H23N5O. The number of amides is 1. The van der Waals surface area contributed by atoms with Crippen molar-refractivity contribution < 1.29 is 4.79 Å². The summed E-state index contributed by atoms with van der Waals surface area (Å²) in [4.78, 5) is 27.8. The maximum Gasteiger partial charge on any atom is 0.225 e. The number of rotatable bonds is 4. The molecule has 0 bridgehead atoms. The van der Waals surface area contributed by atoms with Crippen LogP contribution in [0, 0.1) is 12.8 Å². The first-order chi connectivity index (χ1) is 11.5. The molecule has 6 nitrogen and oxygen atoms in total. The zero-order valence-corrected chi connectivity index (χ0v) is 14.4. The van der Waals surface area contributed by atoms with E-state index in [2.05, 4.69) is 20.3 Å². The molecule has 1 aliphatic rings. The van der Waals surface area contributed by atoms with Gasteiger partial charge in [-0.25, -0.2) is 15.0 Å². The molecule has 3 rings (SSSR count). The third-order valence-corrected chi connectivity index (χ3v) is 4.12. The monoisotopic (exact) mass is 325 g/mol. The second-order valence-corrected chi connectivity index (χ2v) is 6.44. The molecule has 0 saturated carbocycles. The van der Waals surface area contributed by atoms with E-state index in [1.54, 1.807) is 6.20 Å². The Balaban J connectivity index is 1.87. The molecule has 0 aromatic carbocycles. The van der Waals surface area contributed by atoms with Gasteiger partial charge < -0.3 is 10.2 Å². The summed E-state index contributed by atoms with van der Waals surface area (Å²) in [6, 6.07) is 7.53. The molecule has 2 aromatic heterocycles. The van der Waals surface area contributed by atoms with Gasteiger partial charge in [0.15, 0.2) is 5.82 Å². The fraction of sp³-hybridized carbons (Fsp3) is 0.444. The first kappa shape index (κ1) is 16.4. The molecular weight excluding hydrogens is 302 g/mol. The third kappa shape index (κ3) is 3.53. The van der Waals surface area contributed by atoms with E-state index in [0.29, 0.717) is 11.6 Å². The zero-order chi connectivity index (χ0) is 17.1. The maximum atomic E-state index is 12.4. The quantitative estimate of drug-likeness (QED) is 0.934. The molecule has 1 aliphatic heterocycles. The Morgan fingerprint density at radius 2 is 2.12 bits per heavy atom. The van der Waals surface area contributed by atoms with Crippen LogP contribution in [0.1, 0.15) is 44.2 Å². The molecule has 0 radical (unpaired) electrons. The Morgan fingerprint density at radius 1 is 1.29 bits per heavy atom. The van der Waals surface area contributed by atoms with Gasteiger partial charge in [0, 0.05) is 30.4 Å². The second-order valence-electron chi connectivity index (χ2n) is 6.44. The molecule has 0 unspecified atom stereocenters. The first-order valence-electron chi connectivity index (χ1n) is 8.38. The molecule has 126 valence electrons. The van der Waals surface area contributed by atoms with E-state index in [1.807, 2.05) is 49.9 Å². The zero-order valence-electron chi connectivity index (χ0n) is 14.4. The summed E-state index contributed by atoms with van der Waals surface area (Å²) in [5.74, 6) is 2.31. The van der Waals surface area contributed by atoms with E-state index in [-0.39, 0.29) is 17.9 Å². The summed E-state index contributed by atoms with van der Waals surface area (Å²) >= 11 is 0. The standard InChI is InChI=1S/C18H23N5O/c1-12(2)18(24)23-10-6-7-14(23)17-20-13(3)11-16(22-17)21-15-8-4-5-9-19-15/h4-5,8-9,11-12,14H,6-7,10H2,1-3H3,(H,19,20,21,22)/t14-/m1/s1. The van der Waals surface area contributed by atoms with E-state index in [1.165, 1.54) is 0 Å². The lowest BCUT2D eigenvalue weighted by molar-refractivity contribution is -0.135. The molecule has 1 atom stereocenters. The number of aromatic nitrogens is 3. The van der Waals surface area contributed by atoms with Crippen molar-refractivity contribution in [2.24, 2.45) is 5.92 Å². The summed E-state index contributed by atoms with van der Waals surface area (Å²) in [5.41, 5.74) is 0.877. The Bertz CT molecular complexity index is 717. The van der Waals surface area contributed by atoms with Gasteiger partial charge in [-0.3, -0.25) is 4.79 Å². The first-order valence-corrected chi connectivity index (χ1v) is 8.38. The second kappa shape index (κ2) is 6.95. The van der Waals surface area contributed by atoms with Gasteiger partial charge in [-0.15, -0.1) is 0 Å². The van der Waals surface area contributed by atoms with Crippen LogP contribution in [0.5, 0.6) is 0 Å². The molecule has 1 N–H and O–H groups in total. The van der Waals surface area contributed by atoms with Crippen LogP contribution in [-0.4, -0.2) is 32.3 Å². The van der Waals surface area contributed by atoms with Crippen LogP contribution in [0.15, 0.2) is 30.5 Å². The number of nitrogens with zero attached hydrogens (tertiary/aromatic N) is 4. The highest BCUT2D eigenvalue weighted by molar-refractivity contribution is 5.78. The third-order valence-electron chi connectivity index (χ3n) is 4.12. The van der Waals surface area contributed by atoms with Gasteiger partial charge in [-0.2, -0.15) is 0 Å². The van der Waals surface area contributed by atoms with Gasteiger partial charge in [0.2, 0.25) is 5.91 Å². The van der Waals surface area contributed by atoms with Gasteiger partial charge in [-0.05, 0) is 31.9 Å². The summed E-state index contributed by atoms with van der Waals surface area (Å²) in [7, 11) is 0. The van der Waals surface area contributed by atoms with Crippen LogP contribution in [0.2, 0.25) is 0 Å². The largest absolute Gasteiger partial charge is 0.332 e. The number of hydrogen-bond donors (Lipinski definition) is 1. The SMILES string of the molecule is Cc1cc(Nc2ccccn2)nc([C@H]2CCCN2C(=O)C(C)C)n1.